The highest BCUT2D eigenvalue weighted by atomic mass is 16.2. The third kappa shape index (κ3) is 1.58. The first-order valence-electron chi connectivity index (χ1n) is 4.78. The minimum absolute atomic E-state index is 0.217. The molecule has 4 nitrogen and oxygen atoms in total. The number of rotatable bonds is 1. The lowest BCUT2D eigenvalue weighted by Crippen LogP contribution is -2.25. The van der Waals surface area contributed by atoms with Gasteiger partial charge in [0, 0.05) is 7.05 Å². The summed E-state index contributed by atoms with van der Waals surface area (Å²) in [6, 6.07) is 7.39. The number of hydrogen-bond acceptors (Lipinski definition) is 2. The Bertz CT molecular complexity index is 410. The predicted molar refractivity (Wildman–Crippen MR) is 57.9 cm³/mol. The molecular formula is C11H13N3O. The zero-order valence-corrected chi connectivity index (χ0v) is 8.74. The van der Waals surface area contributed by atoms with Crippen molar-refractivity contribution in [1.82, 2.24) is 10.2 Å². The molecule has 15 heavy (non-hydrogen) atoms. The van der Waals surface area contributed by atoms with E-state index in [0.717, 1.165) is 5.56 Å². The van der Waals surface area contributed by atoms with E-state index in [2.05, 4.69) is 5.32 Å². The number of hydrogen-bond donors (Lipinski definition) is 2. The average molecular weight is 203 g/mol. The molecule has 4 heteroatoms. The van der Waals surface area contributed by atoms with E-state index in [1.165, 1.54) is 10.5 Å². The van der Waals surface area contributed by atoms with Crippen LogP contribution in [0.25, 0.3) is 0 Å². The lowest BCUT2D eigenvalue weighted by Gasteiger charge is -2.17. The molecular weight excluding hydrogens is 190 g/mol. The van der Waals surface area contributed by atoms with Crippen LogP contribution in [0.1, 0.15) is 17.2 Å². The predicted octanol–water partition coefficient (Wildman–Crippen LogP) is 1.67. The smallest absolute Gasteiger partial charge is 0.313 e. The number of amides is 2. The molecule has 1 heterocycles. The Balaban J connectivity index is 2.34. The van der Waals surface area contributed by atoms with Crippen LogP contribution in [0, 0.1) is 12.3 Å². The van der Waals surface area contributed by atoms with Gasteiger partial charge in [-0.2, -0.15) is 0 Å². The van der Waals surface area contributed by atoms with Crippen LogP contribution in [0.2, 0.25) is 0 Å². The molecule has 1 atom stereocenters. The summed E-state index contributed by atoms with van der Waals surface area (Å²) in [5.74, 6) is 0.242. The van der Waals surface area contributed by atoms with Gasteiger partial charge in [-0.3, -0.25) is 10.7 Å². The van der Waals surface area contributed by atoms with E-state index in [4.69, 9.17) is 5.41 Å². The van der Waals surface area contributed by atoms with Gasteiger partial charge >= 0.3 is 6.03 Å². The number of carbonyl (C=O) groups is 1. The van der Waals surface area contributed by atoms with Gasteiger partial charge in [0.15, 0.2) is 0 Å². The van der Waals surface area contributed by atoms with Crippen LogP contribution in [0.5, 0.6) is 0 Å². The molecule has 1 fully saturated rings. The van der Waals surface area contributed by atoms with Gasteiger partial charge in [-0.05, 0) is 12.5 Å². The topological polar surface area (TPSA) is 56.2 Å². The van der Waals surface area contributed by atoms with E-state index in [-0.39, 0.29) is 17.9 Å². The number of urea groups is 1. The van der Waals surface area contributed by atoms with Crippen molar-refractivity contribution in [1.29, 1.82) is 5.41 Å². The van der Waals surface area contributed by atoms with Gasteiger partial charge in [-0.25, -0.2) is 4.79 Å². The largest absolute Gasteiger partial charge is 0.323 e. The molecule has 2 amide bonds. The molecule has 0 saturated carbocycles. The Labute approximate surface area is 88.4 Å². The molecule has 2 rings (SSSR count). The van der Waals surface area contributed by atoms with Crippen molar-refractivity contribution in [2.45, 2.75) is 13.0 Å². The van der Waals surface area contributed by atoms with Gasteiger partial charge in [0.1, 0.15) is 11.9 Å². The second kappa shape index (κ2) is 3.38. The van der Waals surface area contributed by atoms with Crippen molar-refractivity contribution in [3.05, 3.63) is 35.4 Å². The van der Waals surface area contributed by atoms with Crippen LogP contribution in [0.3, 0.4) is 0 Å². The monoisotopic (exact) mass is 203 g/mol. The highest BCUT2D eigenvalue weighted by molar-refractivity contribution is 6.05. The van der Waals surface area contributed by atoms with Crippen molar-refractivity contribution in [3.63, 3.8) is 0 Å². The molecule has 78 valence electrons. The molecule has 1 unspecified atom stereocenters. The second-order valence-electron chi connectivity index (χ2n) is 3.77. The number of nitrogens with zero attached hydrogens (tertiary/aromatic N) is 1. The molecule has 0 aliphatic carbocycles. The number of benzene rings is 1. The van der Waals surface area contributed by atoms with Crippen LogP contribution in [0.15, 0.2) is 24.3 Å². The molecule has 1 aliphatic heterocycles. The van der Waals surface area contributed by atoms with Crippen molar-refractivity contribution in [2.24, 2.45) is 0 Å². The van der Waals surface area contributed by atoms with Crippen LogP contribution in [0.4, 0.5) is 4.79 Å². The number of carbonyl (C=O) groups excluding carboxylic acids is 1. The fraction of sp³-hybridized carbons (Fsp3) is 0.273. The maximum absolute atomic E-state index is 11.3. The van der Waals surface area contributed by atoms with E-state index in [1.807, 2.05) is 31.2 Å². The maximum atomic E-state index is 11.3. The normalized spacial score (nSPS) is 20.7. The van der Waals surface area contributed by atoms with Crippen molar-refractivity contribution >= 4 is 11.9 Å². The quantitative estimate of drug-likeness (QED) is 0.716. The fourth-order valence-corrected chi connectivity index (χ4v) is 1.72. The number of aryl methyl sites for hydroxylation is 1. The first kappa shape index (κ1) is 9.71. The molecule has 1 aromatic carbocycles. The Morgan fingerprint density at radius 3 is 2.40 bits per heavy atom. The second-order valence-corrected chi connectivity index (χ2v) is 3.77. The minimum atomic E-state index is -0.266. The van der Waals surface area contributed by atoms with Gasteiger partial charge in [0.2, 0.25) is 0 Å². The highest BCUT2D eigenvalue weighted by Crippen LogP contribution is 2.24. The summed E-state index contributed by atoms with van der Waals surface area (Å²) < 4.78 is 0. The lowest BCUT2D eigenvalue weighted by atomic mass is 10.0. The average Bonchev–Trinajstić information content (AvgIpc) is 2.44. The Morgan fingerprint density at radius 2 is 1.93 bits per heavy atom. The molecule has 0 spiro atoms. The van der Waals surface area contributed by atoms with Crippen molar-refractivity contribution in [3.8, 4) is 0 Å². The number of likely N-dealkylation sites (N-methyl/N-ethyl adjacent to an activating group) is 1. The van der Waals surface area contributed by atoms with Gasteiger partial charge in [-0.1, -0.05) is 29.8 Å². The summed E-state index contributed by atoms with van der Waals surface area (Å²) in [6.45, 7) is 2.01. The third-order valence-electron chi connectivity index (χ3n) is 2.62. The third-order valence-corrected chi connectivity index (χ3v) is 2.62. The van der Waals surface area contributed by atoms with Crippen LogP contribution in [-0.2, 0) is 0 Å². The van der Waals surface area contributed by atoms with Crippen molar-refractivity contribution < 1.29 is 4.79 Å². The van der Waals surface area contributed by atoms with Crippen LogP contribution >= 0.6 is 0 Å². The van der Waals surface area contributed by atoms with Crippen LogP contribution in [-0.4, -0.2) is 23.8 Å². The summed E-state index contributed by atoms with van der Waals surface area (Å²) >= 11 is 0. The maximum Gasteiger partial charge on any atom is 0.323 e. The lowest BCUT2D eigenvalue weighted by molar-refractivity contribution is 0.217. The molecule has 1 aliphatic rings. The first-order valence-corrected chi connectivity index (χ1v) is 4.78. The molecule has 0 radical (unpaired) electrons. The van der Waals surface area contributed by atoms with E-state index in [1.54, 1.807) is 7.05 Å². The summed E-state index contributed by atoms with van der Waals surface area (Å²) in [7, 11) is 1.70. The Morgan fingerprint density at radius 1 is 1.33 bits per heavy atom. The molecule has 0 aromatic heterocycles. The van der Waals surface area contributed by atoms with E-state index in [0.29, 0.717) is 0 Å². The molecule has 0 bridgehead atoms. The summed E-state index contributed by atoms with van der Waals surface area (Å²) in [5, 5.41) is 10.2. The Hall–Kier alpha value is -1.84. The van der Waals surface area contributed by atoms with Gasteiger partial charge in [0.25, 0.3) is 0 Å². The molecule has 2 N–H and O–H groups in total. The summed E-state index contributed by atoms with van der Waals surface area (Å²) in [6.07, 6.45) is 0. The zero-order chi connectivity index (χ0) is 11.0. The summed E-state index contributed by atoms with van der Waals surface area (Å²) in [4.78, 5) is 12.8. The number of amidine groups is 1. The SMILES string of the molecule is Cc1ccc(C2C(=N)NC(=O)N2C)cc1. The number of nitrogens with one attached hydrogen (secondary N) is 2. The van der Waals surface area contributed by atoms with E-state index in [9.17, 15) is 4.79 Å². The van der Waals surface area contributed by atoms with Gasteiger partial charge in [-0.15, -0.1) is 0 Å². The van der Waals surface area contributed by atoms with Gasteiger partial charge < -0.3 is 4.90 Å². The zero-order valence-electron chi connectivity index (χ0n) is 8.74. The highest BCUT2D eigenvalue weighted by Gasteiger charge is 2.33. The van der Waals surface area contributed by atoms with E-state index >= 15 is 0 Å². The minimum Gasteiger partial charge on any atom is -0.313 e. The Kier molecular flexibility index (Phi) is 2.19. The standard InChI is InChI=1S/C11H13N3O/c1-7-3-5-8(6-4-7)9-10(12)13-11(15)14(9)2/h3-6,9H,1-2H3,(H2,12,13,15). The first-order chi connectivity index (χ1) is 7.09. The fourth-order valence-electron chi connectivity index (χ4n) is 1.72. The molecule has 1 aromatic rings. The van der Waals surface area contributed by atoms with Crippen LogP contribution < -0.4 is 5.32 Å². The van der Waals surface area contributed by atoms with Crippen molar-refractivity contribution in [2.75, 3.05) is 7.05 Å². The van der Waals surface area contributed by atoms with E-state index < -0.39 is 0 Å². The van der Waals surface area contributed by atoms with Gasteiger partial charge in [0.05, 0.1) is 0 Å². The summed E-state index contributed by atoms with van der Waals surface area (Å²) in [5.41, 5.74) is 2.14. The molecule has 1 saturated heterocycles.